The Morgan fingerprint density at radius 2 is 1.92 bits per heavy atom. The van der Waals surface area contributed by atoms with Gasteiger partial charge >= 0.3 is 0 Å². The van der Waals surface area contributed by atoms with Crippen molar-refractivity contribution in [2.24, 2.45) is 0 Å². The summed E-state index contributed by atoms with van der Waals surface area (Å²) in [6.45, 7) is 1.24. The Hall–Kier alpha value is -2.27. The number of rotatable bonds is 2. The molecular weight excluding hydrogens is 337 g/mol. The van der Waals surface area contributed by atoms with Crippen LogP contribution in [-0.2, 0) is 0 Å². The van der Waals surface area contributed by atoms with Gasteiger partial charge in [-0.15, -0.1) is 0 Å². The van der Waals surface area contributed by atoms with Crippen LogP contribution in [0.3, 0.4) is 0 Å². The summed E-state index contributed by atoms with van der Waals surface area (Å²) < 4.78 is 19.7. The number of hydrogen-bond donors (Lipinski definition) is 0. The zero-order valence-electron chi connectivity index (χ0n) is 13.7. The molecule has 0 aliphatic carbocycles. The van der Waals surface area contributed by atoms with E-state index >= 15 is 0 Å². The van der Waals surface area contributed by atoms with E-state index in [0.29, 0.717) is 18.8 Å². The molecule has 0 saturated carbocycles. The van der Waals surface area contributed by atoms with Crippen LogP contribution in [0.1, 0.15) is 27.8 Å². The number of halogens is 1. The molecule has 1 fully saturated rings. The van der Waals surface area contributed by atoms with Crippen molar-refractivity contribution in [2.45, 2.75) is 11.7 Å². The van der Waals surface area contributed by atoms with Crippen LogP contribution in [0.2, 0.25) is 0 Å². The van der Waals surface area contributed by atoms with E-state index in [0.717, 1.165) is 28.7 Å². The van der Waals surface area contributed by atoms with Gasteiger partial charge in [-0.25, -0.2) is 4.39 Å². The van der Waals surface area contributed by atoms with E-state index in [9.17, 15) is 9.18 Å². The van der Waals surface area contributed by atoms with Crippen molar-refractivity contribution >= 4 is 28.6 Å². The first-order valence-corrected chi connectivity index (χ1v) is 9.41. The molecule has 1 atom stereocenters. The fourth-order valence-corrected chi connectivity index (χ4v) is 4.45. The summed E-state index contributed by atoms with van der Waals surface area (Å²) in [5, 5.41) is 1.01. The van der Waals surface area contributed by atoms with Crippen LogP contribution in [0.5, 0.6) is 0 Å². The number of carbonyl (C=O) groups excluding carboxylic acids is 1. The Labute approximate surface area is 149 Å². The predicted octanol–water partition coefficient (Wildman–Crippen LogP) is 4.89. The molecule has 0 unspecified atom stereocenters. The largest absolute Gasteiger partial charge is 0.451 e. The molecular formula is C20H18FNO2S. The normalized spacial score (nSPS) is 18.3. The van der Waals surface area contributed by atoms with Gasteiger partial charge in [0, 0.05) is 35.0 Å². The maximum Gasteiger partial charge on any atom is 0.289 e. The van der Waals surface area contributed by atoms with Crippen LogP contribution in [0.15, 0.2) is 59.0 Å². The van der Waals surface area contributed by atoms with Crippen LogP contribution >= 0.6 is 11.8 Å². The minimum absolute atomic E-state index is 0.0784. The average molecular weight is 355 g/mol. The highest BCUT2D eigenvalue weighted by Crippen LogP contribution is 2.36. The van der Waals surface area contributed by atoms with Gasteiger partial charge in [-0.1, -0.05) is 36.4 Å². The lowest BCUT2D eigenvalue weighted by molar-refractivity contribution is 0.0737. The standard InChI is InChI=1S/C20H18FNO2S/c21-16-7-3-2-6-15(16)19-9-10-22(11-12-25-19)20(23)18-13-14-5-1-4-8-17(14)24-18/h1-8,13,19H,9-12H2/t19-/m0/s1. The molecule has 128 valence electrons. The molecule has 0 radical (unpaired) electrons. The lowest BCUT2D eigenvalue weighted by atomic mass is 10.1. The Morgan fingerprint density at radius 3 is 2.76 bits per heavy atom. The highest BCUT2D eigenvalue weighted by Gasteiger charge is 2.26. The summed E-state index contributed by atoms with van der Waals surface area (Å²) in [6.07, 6.45) is 0.734. The van der Waals surface area contributed by atoms with E-state index in [1.54, 1.807) is 23.9 Å². The summed E-state index contributed by atoms with van der Waals surface area (Å²) in [6, 6.07) is 16.3. The van der Waals surface area contributed by atoms with Gasteiger partial charge in [-0.05, 0) is 24.6 Å². The van der Waals surface area contributed by atoms with Crippen molar-refractivity contribution in [2.75, 3.05) is 18.8 Å². The maximum atomic E-state index is 14.0. The van der Waals surface area contributed by atoms with Crippen molar-refractivity contribution in [1.29, 1.82) is 0 Å². The van der Waals surface area contributed by atoms with Crippen LogP contribution in [0, 0.1) is 5.82 Å². The monoisotopic (exact) mass is 355 g/mol. The SMILES string of the molecule is O=C(c1cc2ccccc2o1)N1CCS[C@H](c2ccccc2F)CC1. The summed E-state index contributed by atoms with van der Waals surface area (Å²) in [5.74, 6) is 0.893. The fraction of sp³-hybridized carbons (Fsp3) is 0.250. The van der Waals surface area contributed by atoms with E-state index in [1.165, 1.54) is 6.07 Å². The number of furan rings is 1. The zero-order valence-corrected chi connectivity index (χ0v) is 14.5. The summed E-state index contributed by atoms with van der Waals surface area (Å²) in [7, 11) is 0. The minimum Gasteiger partial charge on any atom is -0.451 e. The lowest BCUT2D eigenvalue weighted by Crippen LogP contribution is -2.32. The number of fused-ring (bicyclic) bond motifs is 1. The molecule has 5 heteroatoms. The molecule has 2 heterocycles. The maximum absolute atomic E-state index is 14.0. The van der Waals surface area contributed by atoms with E-state index in [1.807, 2.05) is 41.3 Å². The van der Waals surface area contributed by atoms with Crippen molar-refractivity contribution in [3.63, 3.8) is 0 Å². The summed E-state index contributed by atoms with van der Waals surface area (Å²) in [4.78, 5) is 14.6. The molecule has 1 saturated heterocycles. The molecule has 0 spiro atoms. The Morgan fingerprint density at radius 1 is 1.12 bits per heavy atom. The molecule has 1 amide bonds. The van der Waals surface area contributed by atoms with Crippen LogP contribution in [0.4, 0.5) is 4.39 Å². The quantitative estimate of drug-likeness (QED) is 0.656. The third-order valence-electron chi connectivity index (χ3n) is 4.52. The molecule has 3 aromatic rings. The molecule has 1 aliphatic heterocycles. The number of para-hydroxylation sites is 1. The van der Waals surface area contributed by atoms with Crippen LogP contribution < -0.4 is 0 Å². The average Bonchev–Trinajstić information content (AvgIpc) is 2.92. The zero-order chi connectivity index (χ0) is 17.2. The van der Waals surface area contributed by atoms with E-state index in [4.69, 9.17) is 4.42 Å². The highest BCUT2D eigenvalue weighted by molar-refractivity contribution is 7.99. The smallest absolute Gasteiger partial charge is 0.289 e. The van der Waals surface area contributed by atoms with Gasteiger partial charge in [0.2, 0.25) is 0 Å². The van der Waals surface area contributed by atoms with E-state index in [2.05, 4.69) is 0 Å². The van der Waals surface area contributed by atoms with Crippen molar-refractivity contribution in [3.8, 4) is 0 Å². The third-order valence-corrected chi connectivity index (χ3v) is 5.83. The molecule has 1 aliphatic rings. The Balaban J connectivity index is 1.50. The second-order valence-corrected chi connectivity index (χ2v) is 7.42. The number of carbonyl (C=O) groups is 1. The van der Waals surface area contributed by atoms with Crippen LogP contribution in [0.25, 0.3) is 11.0 Å². The highest BCUT2D eigenvalue weighted by atomic mass is 32.2. The van der Waals surface area contributed by atoms with Gasteiger partial charge in [-0.3, -0.25) is 4.79 Å². The Kier molecular flexibility index (Phi) is 4.49. The first kappa shape index (κ1) is 16.2. The van der Waals surface area contributed by atoms with Gasteiger partial charge in [0.05, 0.1) is 0 Å². The second-order valence-electron chi connectivity index (χ2n) is 6.11. The van der Waals surface area contributed by atoms with Gasteiger partial charge in [0.15, 0.2) is 5.76 Å². The molecule has 1 aromatic heterocycles. The van der Waals surface area contributed by atoms with Gasteiger partial charge in [0.1, 0.15) is 11.4 Å². The summed E-state index contributed by atoms with van der Waals surface area (Å²) in [5.41, 5.74) is 1.45. The fourth-order valence-electron chi connectivity index (χ4n) is 3.20. The lowest BCUT2D eigenvalue weighted by Gasteiger charge is -2.19. The predicted molar refractivity (Wildman–Crippen MR) is 98.3 cm³/mol. The number of hydrogen-bond acceptors (Lipinski definition) is 3. The molecule has 25 heavy (non-hydrogen) atoms. The Bertz CT molecular complexity index is 874. The van der Waals surface area contributed by atoms with Crippen LogP contribution in [-0.4, -0.2) is 29.6 Å². The molecule has 3 nitrogen and oxygen atoms in total. The topological polar surface area (TPSA) is 33.5 Å². The van der Waals surface area contributed by atoms with E-state index in [-0.39, 0.29) is 17.0 Å². The molecule has 0 N–H and O–H groups in total. The first-order chi connectivity index (χ1) is 12.2. The third kappa shape index (κ3) is 3.29. The number of amides is 1. The second kappa shape index (κ2) is 6.92. The van der Waals surface area contributed by atoms with Crippen molar-refractivity contribution < 1.29 is 13.6 Å². The number of benzene rings is 2. The summed E-state index contributed by atoms with van der Waals surface area (Å²) >= 11 is 1.71. The molecule has 0 bridgehead atoms. The first-order valence-electron chi connectivity index (χ1n) is 8.36. The minimum atomic E-state index is -0.169. The van der Waals surface area contributed by atoms with E-state index < -0.39 is 0 Å². The number of nitrogens with zero attached hydrogens (tertiary/aromatic N) is 1. The molecule has 4 rings (SSSR count). The number of thioether (sulfide) groups is 1. The van der Waals surface area contributed by atoms with Gasteiger partial charge in [-0.2, -0.15) is 11.8 Å². The van der Waals surface area contributed by atoms with Gasteiger partial charge in [0.25, 0.3) is 5.91 Å². The van der Waals surface area contributed by atoms with Gasteiger partial charge < -0.3 is 9.32 Å². The van der Waals surface area contributed by atoms with Crippen molar-refractivity contribution in [1.82, 2.24) is 4.90 Å². The molecule has 2 aromatic carbocycles. The van der Waals surface area contributed by atoms with Crippen molar-refractivity contribution in [3.05, 3.63) is 71.7 Å².